The molecule has 0 heterocycles. The highest BCUT2D eigenvalue weighted by Gasteiger charge is 2.26. The summed E-state index contributed by atoms with van der Waals surface area (Å²) in [5, 5.41) is 28.9. The number of rotatable bonds is 9. The smallest absolute Gasteiger partial charge is 0.223 e. The van der Waals surface area contributed by atoms with Crippen molar-refractivity contribution in [3.8, 4) is 17.2 Å². The molecule has 0 amide bonds. The van der Waals surface area contributed by atoms with Gasteiger partial charge >= 0.3 is 0 Å². The summed E-state index contributed by atoms with van der Waals surface area (Å²) >= 11 is 0. The van der Waals surface area contributed by atoms with Gasteiger partial charge in [0, 0.05) is 11.8 Å². The Morgan fingerprint density at radius 1 is 1.04 bits per heavy atom. The number of benzene rings is 2. The van der Waals surface area contributed by atoms with Crippen molar-refractivity contribution < 1.29 is 28.5 Å². The topological polar surface area (TPSA) is 104 Å². The Morgan fingerprint density at radius 2 is 1.75 bits per heavy atom. The number of aromatic hydroxyl groups is 2. The van der Waals surface area contributed by atoms with Gasteiger partial charge in [0.2, 0.25) is 5.44 Å². The fraction of sp³-hybridized carbons (Fsp3) is 0.429. The monoisotopic (exact) mass is 408 g/mol. The molecular weight excluding hydrogens is 380 g/mol. The Bertz CT molecular complexity index is 899. The molecule has 3 N–H and O–H groups in total. The molecule has 0 bridgehead atoms. The summed E-state index contributed by atoms with van der Waals surface area (Å²) in [6, 6.07) is 11.0. The third-order valence-electron chi connectivity index (χ3n) is 4.31. The van der Waals surface area contributed by atoms with E-state index in [0.29, 0.717) is 12.2 Å². The number of aliphatic hydroxyl groups is 1. The molecule has 1 unspecified atom stereocenters. The molecule has 2 rings (SSSR count). The van der Waals surface area contributed by atoms with Crippen LogP contribution in [0.1, 0.15) is 49.7 Å². The number of ether oxygens (including phenoxy) is 1. The number of phenols is 2. The fourth-order valence-electron chi connectivity index (χ4n) is 2.87. The van der Waals surface area contributed by atoms with Crippen LogP contribution in [-0.2, 0) is 16.3 Å². The van der Waals surface area contributed by atoms with E-state index in [9.17, 15) is 23.7 Å². The minimum atomic E-state index is -3.64. The number of aryl methyl sites for hydroxylation is 1. The highest BCUT2D eigenvalue weighted by atomic mass is 32.2. The van der Waals surface area contributed by atoms with Gasteiger partial charge in [0.25, 0.3) is 0 Å². The van der Waals surface area contributed by atoms with E-state index >= 15 is 0 Å². The first kappa shape index (κ1) is 22.0. The van der Waals surface area contributed by atoms with E-state index in [1.165, 1.54) is 18.2 Å². The molecule has 0 aromatic heterocycles. The quantitative estimate of drug-likeness (QED) is 0.432. The van der Waals surface area contributed by atoms with Crippen molar-refractivity contribution in [3.63, 3.8) is 0 Å². The third-order valence-corrected chi connectivity index (χ3v) is 5.45. The normalized spacial score (nSPS) is 13.3. The zero-order valence-electron chi connectivity index (χ0n) is 16.4. The maximum Gasteiger partial charge on any atom is 0.223 e. The zero-order chi connectivity index (χ0) is 20.9. The van der Waals surface area contributed by atoms with Crippen LogP contribution in [0.3, 0.4) is 0 Å². The molecule has 0 fully saturated rings. The summed E-state index contributed by atoms with van der Waals surface area (Å²) < 4.78 is 30.2. The van der Waals surface area contributed by atoms with Crippen LogP contribution in [0, 0.1) is 0 Å². The van der Waals surface area contributed by atoms with Gasteiger partial charge in [-0.15, -0.1) is 0 Å². The van der Waals surface area contributed by atoms with Crippen LogP contribution in [0.4, 0.5) is 0 Å². The minimum Gasteiger partial charge on any atom is -0.504 e. The second-order valence-electron chi connectivity index (χ2n) is 7.69. The lowest BCUT2D eigenvalue weighted by Gasteiger charge is -2.19. The van der Waals surface area contributed by atoms with Crippen LogP contribution in [0.25, 0.3) is 0 Å². The molecule has 0 spiro atoms. The lowest BCUT2D eigenvalue weighted by Crippen LogP contribution is -2.18. The second kappa shape index (κ2) is 8.84. The Morgan fingerprint density at radius 3 is 2.36 bits per heavy atom. The van der Waals surface area contributed by atoms with Crippen LogP contribution in [-0.4, -0.2) is 35.6 Å². The molecule has 6 nitrogen and oxygen atoms in total. The molecule has 1 atom stereocenters. The molecule has 0 aliphatic rings. The Kier molecular flexibility index (Phi) is 6.96. The van der Waals surface area contributed by atoms with E-state index in [-0.39, 0.29) is 11.3 Å². The molecule has 2 aromatic carbocycles. The SMILES string of the molecule is CC(C)(O)CCCCc1cccc(OC(c2ccc(O)c(O)c2)S(C)(=O)=O)c1. The molecule has 2 aromatic rings. The molecule has 28 heavy (non-hydrogen) atoms. The standard InChI is InChI=1S/C21H28O6S/c1-21(2,24)12-5-4-7-15-8-6-9-17(13-15)27-20(28(3,25)26)16-10-11-18(22)19(23)14-16/h6,8-11,13-14,20,22-24H,4-5,7,12H2,1-3H3. The largest absolute Gasteiger partial charge is 0.504 e. The maximum absolute atomic E-state index is 12.2. The predicted octanol–water partition coefficient (Wildman–Crippen LogP) is 3.70. The number of phenolic OH excluding ortho intramolecular Hbond substituents is 2. The molecule has 0 radical (unpaired) electrons. The fourth-order valence-corrected chi connectivity index (χ4v) is 3.80. The highest BCUT2D eigenvalue weighted by Crippen LogP contribution is 2.33. The molecule has 0 aliphatic carbocycles. The maximum atomic E-state index is 12.2. The van der Waals surface area contributed by atoms with Gasteiger partial charge < -0.3 is 20.1 Å². The van der Waals surface area contributed by atoms with Crippen molar-refractivity contribution in [2.24, 2.45) is 0 Å². The molecule has 0 aliphatic heterocycles. The van der Waals surface area contributed by atoms with Gasteiger partial charge in [0.1, 0.15) is 5.75 Å². The lowest BCUT2D eigenvalue weighted by molar-refractivity contribution is 0.0682. The Hall–Kier alpha value is -2.25. The summed E-state index contributed by atoms with van der Waals surface area (Å²) in [5.74, 6) is -0.331. The average Bonchev–Trinajstić information content (AvgIpc) is 2.58. The minimum absolute atomic E-state index is 0.230. The zero-order valence-corrected chi connectivity index (χ0v) is 17.2. The van der Waals surface area contributed by atoms with Gasteiger partial charge in [-0.3, -0.25) is 0 Å². The van der Waals surface area contributed by atoms with E-state index in [4.69, 9.17) is 4.74 Å². The average molecular weight is 409 g/mol. The van der Waals surface area contributed by atoms with Gasteiger partial charge in [-0.25, -0.2) is 8.42 Å². The van der Waals surface area contributed by atoms with Crippen molar-refractivity contribution in [2.45, 2.75) is 50.6 Å². The van der Waals surface area contributed by atoms with E-state index in [1.807, 2.05) is 6.07 Å². The van der Waals surface area contributed by atoms with Crippen LogP contribution in [0.2, 0.25) is 0 Å². The number of sulfone groups is 1. The predicted molar refractivity (Wildman–Crippen MR) is 108 cm³/mol. The first-order valence-electron chi connectivity index (χ1n) is 9.14. The Balaban J connectivity index is 2.13. The third kappa shape index (κ3) is 6.73. The van der Waals surface area contributed by atoms with E-state index in [0.717, 1.165) is 31.1 Å². The molecule has 0 saturated heterocycles. The van der Waals surface area contributed by atoms with E-state index in [1.54, 1.807) is 32.0 Å². The molecular formula is C21H28O6S. The molecule has 0 saturated carbocycles. The van der Waals surface area contributed by atoms with Gasteiger partial charge in [-0.1, -0.05) is 24.6 Å². The first-order valence-corrected chi connectivity index (χ1v) is 11.1. The van der Waals surface area contributed by atoms with Gasteiger partial charge in [-0.2, -0.15) is 0 Å². The lowest BCUT2D eigenvalue weighted by atomic mass is 9.99. The number of unbranched alkanes of at least 4 members (excludes halogenated alkanes) is 1. The summed E-state index contributed by atoms with van der Waals surface area (Å²) in [6.45, 7) is 3.57. The van der Waals surface area contributed by atoms with Gasteiger partial charge in [0.05, 0.1) is 5.60 Å². The summed E-state index contributed by atoms with van der Waals surface area (Å²) in [7, 11) is -3.64. The highest BCUT2D eigenvalue weighted by molar-refractivity contribution is 7.90. The van der Waals surface area contributed by atoms with Crippen molar-refractivity contribution in [1.29, 1.82) is 0 Å². The summed E-state index contributed by atoms with van der Waals surface area (Å²) in [4.78, 5) is 0. The Labute approximate surface area is 166 Å². The van der Waals surface area contributed by atoms with Gasteiger partial charge in [-0.05, 0) is 62.9 Å². The molecule has 154 valence electrons. The van der Waals surface area contributed by atoms with Crippen LogP contribution < -0.4 is 4.74 Å². The number of hydrogen-bond acceptors (Lipinski definition) is 6. The van der Waals surface area contributed by atoms with Crippen molar-refractivity contribution >= 4 is 9.84 Å². The molecule has 7 heteroatoms. The van der Waals surface area contributed by atoms with Gasteiger partial charge in [0.15, 0.2) is 21.3 Å². The van der Waals surface area contributed by atoms with Crippen LogP contribution in [0.15, 0.2) is 42.5 Å². The first-order chi connectivity index (χ1) is 13.0. The van der Waals surface area contributed by atoms with Crippen molar-refractivity contribution in [1.82, 2.24) is 0 Å². The van der Waals surface area contributed by atoms with Crippen molar-refractivity contribution in [3.05, 3.63) is 53.6 Å². The summed E-state index contributed by atoms with van der Waals surface area (Å²) in [6.07, 6.45) is 4.34. The van der Waals surface area contributed by atoms with E-state index in [2.05, 4.69) is 0 Å². The van der Waals surface area contributed by atoms with Crippen molar-refractivity contribution in [2.75, 3.05) is 6.26 Å². The second-order valence-corrected chi connectivity index (χ2v) is 9.78. The summed E-state index contributed by atoms with van der Waals surface area (Å²) in [5.41, 5.74) is -0.740. The van der Waals surface area contributed by atoms with Crippen LogP contribution >= 0.6 is 0 Å². The number of hydrogen-bond donors (Lipinski definition) is 3. The van der Waals surface area contributed by atoms with Crippen LogP contribution in [0.5, 0.6) is 17.2 Å². The van der Waals surface area contributed by atoms with E-state index < -0.39 is 26.6 Å².